The number of piperidine rings is 2. The van der Waals surface area contributed by atoms with E-state index >= 15 is 0 Å². The van der Waals surface area contributed by atoms with Crippen molar-refractivity contribution in [3.8, 4) is 0 Å². The number of likely N-dealkylation sites (tertiary alicyclic amines) is 1. The van der Waals surface area contributed by atoms with Crippen LogP contribution in [0, 0.1) is 10.8 Å². The summed E-state index contributed by atoms with van der Waals surface area (Å²) in [7, 11) is 1.40. The third-order valence-electron chi connectivity index (χ3n) is 11.7. The molecule has 4 heterocycles. The molecule has 0 spiro atoms. The topological polar surface area (TPSA) is 114 Å². The minimum absolute atomic E-state index is 0.00165. The van der Waals surface area contributed by atoms with Crippen molar-refractivity contribution < 1.29 is 24.0 Å². The average Bonchev–Trinajstić information content (AvgIpc) is 3.34. The third-order valence-corrected chi connectivity index (χ3v) is 11.7. The zero-order chi connectivity index (χ0) is 34.8. The quantitative estimate of drug-likeness (QED) is 0.463. The maximum Gasteiger partial charge on any atom is 0.262 e. The summed E-state index contributed by atoms with van der Waals surface area (Å²) in [6.07, 6.45) is 3.39. The summed E-state index contributed by atoms with van der Waals surface area (Å²) in [5.41, 5.74) is 3.62. The predicted octanol–water partition coefficient (Wildman–Crippen LogP) is 3.78. The Labute approximate surface area is 288 Å². The molecule has 5 aliphatic rings. The minimum Gasteiger partial charge on any atom is -0.371 e. The number of anilines is 2. The zero-order valence-corrected chi connectivity index (χ0v) is 29.3. The van der Waals surface area contributed by atoms with E-state index in [2.05, 4.69) is 59.8 Å². The van der Waals surface area contributed by atoms with Gasteiger partial charge in [0, 0.05) is 81.8 Å². The smallest absolute Gasteiger partial charge is 0.262 e. The SMILES string of the molecule is CN1C(=O)CCC(N2C(=O)c3ccc(N4CCC(N5CCN(c6ccc(C(=O)NC7C(C)(C)CC7(C)C)cc6)CC5)CC4)cc3C2=O)C1=O. The molecule has 2 aromatic carbocycles. The summed E-state index contributed by atoms with van der Waals surface area (Å²) < 4.78 is 0. The number of carbonyl (C=O) groups is 5. The van der Waals surface area contributed by atoms with Gasteiger partial charge in [0.05, 0.1) is 11.1 Å². The lowest BCUT2D eigenvalue weighted by molar-refractivity contribution is -0.149. The highest BCUT2D eigenvalue weighted by atomic mass is 16.2. The van der Waals surface area contributed by atoms with Crippen molar-refractivity contribution in [2.75, 3.05) is 56.1 Å². The summed E-state index contributed by atoms with van der Waals surface area (Å²) in [6, 6.07) is 13.1. The molecule has 11 nitrogen and oxygen atoms in total. The van der Waals surface area contributed by atoms with Crippen molar-refractivity contribution in [1.82, 2.24) is 20.0 Å². The van der Waals surface area contributed by atoms with E-state index in [0.717, 1.165) is 79.7 Å². The molecule has 1 aliphatic carbocycles. The fraction of sp³-hybridized carbons (Fsp3) is 0.553. The van der Waals surface area contributed by atoms with Crippen LogP contribution < -0.4 is 15.1 Å². The van der Waals surface area contributed by atoms with Crippen LogP contribution in [0.15, 0.2) is 42.5 Å². The van der Waals surface area contributed by atoms with Gasteiger partial charge in [0.2, 0.25) is 5.91 Å². The van der Waals surface area contributed by atoms with Gasteiger partial charge in [-0.3, -0.25) is 38.7 Å². The summed E-state index contributed by atoms with van der Waals surface area (Å²) in [5, 5.41) is 3.29. The van der Waals surface area contributed by atoms with Crippen LogP contribution in [-0.4, -0.2) is 109 Å². The molecule has 4 fully saturated rings. The Morgan fingerprint density at radius 3 is 1.96 bits per heavy atom. The molecule has 1 unspecified atom stereocenters. The molecular weight excluding hydrogens is 620 g/mol. The van der Waals surface area contributed by atoms with E-state index in [-0.39, 0.29) is 41.5 Å². The maximum absolute atomic E-state index is 13.4. The number of nitrogens with one attached hydrogen (secondary N) is 1. The summed E-state index contributed by atoms with van der Waals surface area (Å²) in [4.78, 5) is 73.7. The first kappa shape index (κ1) is 33.3. The van der Waals surface area contributed by atoms with Gasteiger partial charge in [0.25, 0.3) is 23.6 Å². The number of amides is 5. The molecule has 1 saturated carbocycles. The summed E-state index contributed by atoms with van der Waals surface area (Å²) in [6.45, 7) is 14.4. The molecule has 0 aromatic heterocycles. The van der Waals surface area contributed by atoms with Crippen LogP contribution in [0.3, 0.4) is 0 Å². The van der Waals surface area contributed by atoms with Crippen LogP contribution in [0.4, 0.5) is 11.4 Å². The van der Waals surface area contributed by atoms with Crippen molar-refractivity contribution in [1.29, 1.82) is 0 Å². The Morgan fingerprint density at radius 1 is 0.735 bits per heavy atom. The monoisotopic (exact) mass is 668 g/mol. The highest BCUT2D eigenvalue weighted by Crippen LogP contribution is 2.53. The second-order valence-corrected chi connectivity index (χ2v) is 15.9. The van der Waals surface area contributed by atoms with Crippen molar-refractivity contribution in [3.63, 3.8) is 0 Å². The lowest BCUT2D eigenvalue weighted by Crippen LogP contribution is -2.63. The lowest BCUT2D eigenvalue weighted by atomic mass is 9.52. The molecule has 3 saturated heterocycles. The van der Waals surface area contributed by atoms with Gasteiger partial charge < -0.3 is 15.1 Å². The third kappa shape index (κ3) is 5.89. The van der Waals surface area contributed by atoms with Crippen LogP contribution in [-0.2, 0) is 9.59 Å². The van der Waals surface area contributed by atoms with E-state index in [4.69, 9.17) is 0 Å². The van der Waals surface area contributed by atoms with Crippen LogP contribution in [0.5, 0.6) is 0 Å². The normalized spacial score (nSPS) is 24.7. The van der Waals surface area contributed by atoms with Gasteiger partial charge in [-0.05, 0) is 79.0 Å². The van der Waals surface area contributed by atoms with E-state index in [1.54, 1.807) is 12.1 Å². The number of rotatable bonds is 6. The molecule has 49 heavy (non-hydrogen) atoms. The first-order chi connectivity index (χ1) is 23.2. The highest BCUT2D eigenvalue weighted by molar-refractivity contribution is 6.23. The summed E-state index contributed by atoms with van der Waals surface area (Å²) >= 11 is 0. The highest BCUT2D eigenvalue weighted by Gasteiger charge is 2.53. The van der Waals surface area contributed by atoms with E-state index in [1.165, 1.54) is 7.05 Å². The van der Waals surface area contributed by atoms with Crippen molar-refractivity contribution >= 4 is 40.9 Å². The number of fused-ring (bicyclic) bond motifs is 1. The van der Waals surface area contributed by atoms with Crippen LogP contribution in [0.2, 0.25) is 0 Å². The molecule has 260 valence electrons. The number of benzene rings is 2. The molecule has 0 bridgehead atoms. The second-order valence-electron chi connectivity index (χ2n) is 15.9. The first-order valence-corrected chi connectivity index (χ1v) is 17.7. The molecule has 5 amide bonds. The Bertz CT molecular complexity index is 1670. The van der Waals surface area contributed by atoms with E-state index < -0.39 is 23.8 Å². The largest absolute Gasteiger partial charge is 0.371 e. The fourth-order valence-electron chi connectivity index (χ4n) is 9.43. The average molecular weight is 669 g/mol. The van der Waals surface area contributed by atoms with E-state index in [1.807, 2.05) is 18.2 Å². The standard InChI is InChI=1S/C38H48N6O5/c1-37(2)23-38(3,4)36(37)39-32(46)24-6-8-25(9-7-24)42-18-20-43(21-19-42)26-14-16-41(17-15-26)27-10-11-28-29(22-27)34(48)44(33(28)47)30-12-13-31(45)40(5)35(30)49/h6-11,22,26,30,36H,12-21,23H2,1-5H3,(H,39,46). The second kappa shape index (κ2) is 12.3. The van der Waals surface area contributed by atoms with Crippen LogP contribution >= 0.6 is 0 Å². The zero-order valence-electron chi connectivity index (χ0n) is 29.3. The van der Waals surface area contributed by atoms with Gasteiger partial charge in [0.1, 0.15) is 6.04 Å². The number of imide groups is 2. The summed E-state index contributed by atoms with van der Waals surface area (Å²) in [5.74, 6) is -1.74. The molecule has 2 aromatic rings. The van der Waals surface area contributed by atoms with Crippen molar-refractivity contribution in [3.05, 3.63) is 59.2 Å². The van der Waals surface area contributed by atoms with Gasteiger partial charge in [0.15, 0.2) is 0 Å². The fourth-order valence-corrected chi connectivity index (χ4v) is 9.43. The van der Waals surface area contributed by atoms with Gasteiger partial charge in [-0.25, -0.2) is 0 Å². The Balaban J connectivity index is 0.906. The predicted molar refractivity (Wildman–Crippen MR) is 187 cm³/mol. The number of hydrogen-bond donors (Lipinski definition) is 1. The number of nitrogens with zero attached hydrogens (tertiary/aromatic N) is 5. The Kier molecular flexibility index (Phi) is 8.32. The molecule has 11 heteroatoms. The van der Waals surface area contributed by atoms with Gasteiger partial charge in [-0.2, -0.15) is 0 Å². The van der Waals surface area contributed by atoms with Crippen LogP contribution in [0.1, 0.15) is 90.9 Å². The molecule has 4 aliphatic heterocycles. The Hall–Kier alpha value is -4.25. The number of likely N-dealkylation sites (N-methyl/N-ethyl adjacent to an activating group) is 1. The van der Waals surface area contributed by atoms with Gasteiger partial charge in [-0.15, -0.1) is 0 Å². The van der Waals surface area contributed by atoms with E-state index in [0.29, 0.717) is 22.7 Å². The molecule has 1 atom stereocenters. The molecular formula is C38H48N6O5. The molecule has 0 radical (unpaired) electrons. The van der Waals surface area contributed by atoms with Crippen molar-refractivity contribution in [2.45, 2.75) is 77.9 Å². The molecule has 1 N–H and O–H groups in total. The molecule has 7 rings (SSSR count). The Morgan fingerprint density at radius 2 is 1.33 bits per heavy atom. The van der Waals surface area contributed by atoms with E-state index in [9.17, 15) is 24.0 Å². The number of hydrogen-bond acceptors (Lipinski definition) is 8. The lowest BCUT2D eigenvalue weighted by Gasteiger charge is -2.57. The van der Waals surface area contributed by atoms with Gasteiger partial charge >= 0.3 is 0 Å². The first-order valence-electron chi connectivity index (χ1n) is 17.7. The number of piperazine rings is 1. The van der Waals surface area contributed by atoms with Gasteiger partial charge in [-0.1, -0.05) is 27.7 Å². The minimum atomic E-state index is -0.946. The maximum atomic E-state index is 13.4. The number of carbonyl (C=O) groups excluding carboxylic acids is 5. The van der Waals surface area contributed by atoms with Crippen molar-refractivity contribution in [2.24, 2.45) is 10.8 Å². The van der Waals surface area contributed by atoms with Crippen LogP contribution in [0.25, 0.3) is 0 Å².